The Kier molecular flexibility index (Phi) is 3.85. The lowest BCUT2D eigenvalue weighted by atomic mass is 10.2. The van der Waals surface area contributed by atoms with Crippen LogP contribution in [0.25, 0.3) is 11.0 Å². The Labute approximate surface area is 134 Å². The summed E-state index contributed by atoms with van der Waals surface area (Å²) < 4.78 is 0. The molecule has 0 aliphatic carbocycles. The molecule has 0 radical (unpaired) electrons. The fourth-order valence-electron chi connectivity index (χ4n) is 2.08. The van der Waals surface area contributed by atoms with Crippen molar-refractivity contribution in [3.05, 3.63) is 68.5 Å². The van der Waals surface area contributed by atoms with Gasteiger partial charge in [0.15, 0.2) is 5.82 Å². The van der Waals surface area contributed by atoms with Gasteiger partial charge in [0.05, 0.1) is 33.2 Å². The Morgan fingerprint density at radius 3 is 2.62 bits per heavy atom. The van der Waals surface area contributed by atoms with Crippen LogP contribution in [0.1, 0.15) is 5.82 Å². The lowest BCUT2D eigenvalue weighted by molar-refractivity contribution is -0.393. The van der Waals surface area contributed by atoms with E-state index in [2.05, 4.69) is 20.5 Å². The van der Waals surface area contributed by atoms with Gasteiger partial charge in [0.1, 0.15) is 5.69 Å². The summed E-state index contributed by atoms with van der Waals surface area (Å²) in [7, 11) is 0. The van der Waals surface area contributed by atoms with Gasteiger partial charge in [-0.3, -0.25) is 25.7 Å². The van der Waals surface area contributed by atoms with E-state index < -0.39 is 15.5 Å². The number of nitro groups is 2. The van der Waals surface area contributed by atoms with Crippen LogP contribution in [0.4, 0.5) is 17.1 Å². The molecule has 3 rings (SSSR count). The van der Waals surface area contributed by atoms with Gasteiger partial charge < -0.3 is 4.98 Å². The number of non-ortho nitro benzene ring substituents is 1. The minimum atomic E-state index is -0.716. The summed E-state index contributed by atoms with van der Waals surface area (Å²) in [6.45, 7) is 0. The van der Waals surface area contributed by atoms with E-state index in [0.29, 0.717) is 5.82 Å². The van der Waals surface area contributed by atoms with Gasteiger partial charge in [-0.2, -0.15) is 5.10 Å². The summed E-state index contributed by atoms with van der Waals surface area (Å²) in [5.74, 6) is 0.466. The SMILES string of the molecule is O=[N+]([O-])c1ccc(N/N=C\c2nc3ccccc3[nH]2)c([N+](=O)[O-])c1. The molecular weight excluding hydrogens is 316 g/mol. The molecule has 0 aliphatic heterocycles. The number of para-hydroxylation sites is 2. The van der Waals surface area contributed by atoms with Gasteiger partial charge in [-0.05, 0) is 18.2 Å². The number of benzene rings is 2. The lowest BCUT2D eigenvalue weighted by Crippen LogP contribution is -1.99. The largest absolute Gasteiger partial charge is 0.337 e. The number of nitrogens with one attached hydrogen (secondary N) is 2. The summed E-state index contributed by atoms with van der Waals surface area (Å²) in [6, 6.07) is 10.7. The first kappa shape index (κ1) is 15.1. The van der Waals surface area contributed by atoms with E-state index in [0.717, 1.165) is 23.2 Å². The molecule has 1 aromatic heterocycles. The Morgan fingerprint density at radius 1 is 1.12 bits per heavy atom. The zero-order valence-corrected chi connectivity index (χ0v) is 12.0. The molecule has 0 aliphatic rings. The standard InChI is InChI=1S/C14H10N6O4/c21-19(22)9-5-6-12(13(7-9)20(23)24)18-15-8-14-16-10-3-1-2-4-11(10)17-14/h1-8,18H,(H,16,17)/b15-8-. The Morgan fingerprint density at radius 2 is 1.92 bits per heavy atom. The van der Waals surface area contributed by atoms with E-state index in [1.807, 2.05) is 24.3 Å². The number of hydrogen-bond acceptors (Lipinski definition) is 7. The number of hydrazone groups is 1. The maximum Gasteiger partial charge on any atom is 0.301 e. The second-order valence-electron chi connectivity index (χ2n) is 4.72. The highest BCUT2D eigenvalue weighted by Crippen LogP contribution is 2.28. The molecule has 1 heterocycles. The van der Waals surface area contributed by atoms with Crippen molar-refractivity contribution in [1.29, 1.82) is 0 Å². The van der Waals surface area contributed by atoms with Crippen LogP contribution in [-0.2, 0) is 0 Å². The summed E-state index contributed by atoms with van der Waals surface area (Å²) in [5, 5.41) is 25.6. The van der Waals surface area contributed by atoms with Gasteiger partial charge in [0.2, 0.25) is 0 Å². The van der Waals surface area contributed by atoms with E-state index in [9.17, 15) is 20.2 Å². The maximum atomic E-state index is 11.0. The number of rotatable bonds is 5. The van der Waals surface area contributed by atoms with E-state index in [1.54, 1.807) is 0 Å². The number of anilines is 1. The van der Waals surface area contributed by atoms with Crippen molar-refractivity contribution in [2.45, 2.75) is 0 Å². The van der Waals surface area contributed by atoms with Crippen LogP contribution in [0, 0.1) is 20.2 Å². The van der Waals surface area contributed by atoms with Crippen LogP contribution < -0.4 is 5.43 Å². The second-order valence-corrected chi connectivity index (χ2v) is 4.72. The minimum Gasteiger partial charge on any atom is -0.337 e. The third-order valence-electron chi connectivity index (χ3n) is 3.17. The Hall–Kier alpha value is -3.82. The van der Waals surface area contributed by atoms with E-state index in [-0.39, 0.29) is 11.4 Å². The van der Waals surface area contributed by atoms with Gasteiger partial charge >= 0.3 is 5.69 Å². The normalized spacial score (nSPS) is 11.0. The first-order valence-corrected chi connectivity index (χ1v) is 6.71. The second kappa shape index (κ2) is 6.12. The number of fused-ring (bicyclic) bond motifs is 1. The monoisotopic (exact) mass is 326 g/mol. The molecule has 24 heavy (non-hydrogen) atoms. The molecule has 0 spiro atoms. The summed E-state index contributed by atoms with van der Waals surface area (Å²) in [6.07, 6.45) is 1.37. The molecule has 10 nitrogen and oxygen atoms in total. The van der Waals surface area contributed by atoms with E-state index in [4.69, 9.17) is 0 Å². The number of nitro benzene ring substituents is 2. The smallest absolute Gasteiger partial charge is 0.301 e. The van der Waals surface area contributed by atoms with Crippen LogP contribution in [-0.4, -0.2) is 26.0 Å². The number of imidazole rings is 1. The Balaban J connectivity index is 1.82. The van der Waals surface area contributed by atoms with Gasteiger partial charge in [-0.25, -0.2) is 4.98 Å². The quantitative estimate of drug-likeness (QED) is 0.420. The van der Waals surface area contributed by atoms with Crippen LogP contribution in [0.15, 0.2) is 47.6 Å². The number of H-pyrrole nitrogens is 1. The fourth-order valence-corrected chi connectivity index (χ4v) is 2.08. The van der Waals surface area contributed by atoms with Crippen LogP contribution in [0.2, 0.25) is 0 Å². The average molecular weight is 326 g/mol. The molecule has 0 atom stereocenters. The zero-order valence-electron chi connectivity index (χ0n) is 12.0. The third-order valence-corrected chi connectivity index (χ3v) is 3.17. The number of hydrogen-bond donors (Lipinski definition) is 2. The molecule has 0 unspecified atom stereocenters. The average Bonchev–Trinajstić information content (AvgIpc) is 2.97. The lowest BCUT2D eigenvalue weighted by Gasteiger charge is -2.01. The predicted molar refractivity (Wildman–Crippen MR) is 87.1 cm³/mol. The molecule has 0 bridgehead atoms. The van der Waals surface area contributed by atoms with Crippen molar-refractivity contribution in [2.24, 2.45) is 5.10 Å². The van der Waals surface area contributed by atoms with Gasteiger partial charge in [0, 0.05) is 6.07 Å². The van der Waals surface area contributed by atoms with Crippen LogP contribution >= 0.6 is 0 Å². The van der Waals surface area contributed by atoms with Crippen molar-refractivity contribution in [3.63, 3.8) is 0 Å². The molecule has 0 saturated heterocycles. The fraction of sp³-hybridized carbons (Fsp3) is 0. The number of aromatic nitrogens is 2. The van der Waals surface area contributed by atoms with E-state index in [1.165, 1.54) is 12.3 Å². The summed E-state index contributed by atoms with van der Waals surface area (Å²) in [4.78, 5) is 27.6. The summed E-state index contributed by atoms with van der Waals surface area (Å²) >= 11 is 0. The third kappa shape index (κ3) is 3.02. The molecule has 0 saturated carbocycles. The number of aromatic amines is 1. The van der Waals surface area contributed by atoms with Crippen molar-refractivity contribution in [2.75, 3.05) is 5.43 Å². The summed E-state index contributed by atoms with van der Waals surface area (Å²) in [5.41, 5.74) is 3.33. The van der Waals surface area contributed by atoms with Crippen molar-refractivity contribution in [3.8, 4) is 0 Å². The zero-order chi connectivity index (χ0) is 17.1. The maximum absolute atomic E-state index is 11.0. The van der Waals surface area contributed by atoms with Crippen molar-refractivity contribution in [1.82, 2.24) is 9.97 Å². The highest BCUT2D eigenvalue weighted by molar-refractivity contribution is 5.84. The molecule has 2 aromatic carbocycles. The molecule has 3 aromatic rings. The molecule has 10 heteroatoms. The number of nitrogens with zero attached hydrogens (tertiary/aromatic N) is 4. The molecule has 0 fully saturated rings. The van der Waals surface area contributed by atoms with Crippen LogP contribution in [0.5, 0.6) is 0 Å². The highest BCUT2D eigenvalue weighted by Gasteiger charge is 2.19. The van der Waals surface area contributed by atoms with E-state index >= 15 is 0 Å². The van der Waals surface area contributed by atoms with Gasteiger partial charge in [0.25, 0.3) is 5.69 Å². The molecule has 0 amide bonds. The van der Waals surface area contributed by atoms with Crippen molar-refractivity contribution < 1.29 is 9.85 Å². The van der Waals surface area contributed by atoms with Gasteiger partial charge in [-0.1, -0.05) is 12.1 Å². The van der Waals surface area contributed by atoms with Crippen molar-refractivity contribution >= 4 is 34.3 Å². The topological polar surface area (TPSA) is 139 Å². The Bertz CT molecular complexity index is 932. The first-order valence-electron chi connectivity index (χ1n) is 6.71. The molecule has 120 valence electrons. The first-order chi connectivity index (χ1) is 11.5. The highest BCUT2D eigenvalue weighted by atomic mass is 16.6. The molecule has 2 N–H and O–H groups in total. The minimum absolute atomic E-state index is 0.0398. The molecular formula is C14H10N6O4. The van der Waals surface area contributed by atoms with Crippen LogP contribution in [0.3, 0.4) is 0 Å². The predicted octanol–water partition coefficient (Wildman–Crippen LogP) is 2.83. The van der Waals surface area contributed by atoms with Gasteiger partial charge in [-0.15, -0.1) is 0 Å².